The number of carbonyl (C=O) groups is 1. The summed E-state index contributed by atoms with van der Waals surface area (Å²) < 4.78 is 13.7. The van der Waals surface area contributed by atoms with Gasteiger partial charge in [-0.1, -0.05) is 12.8 Å². The third kappa shape index (κ3) is 2.78. The normalized spacial score (nSPS) is 22.5. The minimum atomic E-state index is -0.877. The van der Waals surface area contributed by atoms with Crippen LogP contribution in [0, 0.1) is 5.92 Å². The fourth-order valence-corrected chi connectivity index (χ4v) is 4.41. The van der Waals surface area contributed by atoms with E-state index in [1.165, 1.54) is 0 Å². The molecule has 1 amide bonds. The summed E-state index contributed by atoms with van der Waals surface area (Å²) in [6.45, 7) is 6.20. The monoisotopic (exact) mass is 309 g/mol. The summed E-state index contributed by atoms with van der Waals surface area (Å²) in [5.41, 5.74) is 1.64. The number of nitrogens with zero attached hydrogens (tertiary/aromatic N) is 2. The van der Waals surface area contributed by atoms with Gasteiger partial charge in [-0.25, -0.2) is 4.68 Å². The number of nitrogens with one attached hydrogen (secondary N) is 1. The van der Waals surface area contributed by atoms with E-state index in [4.69, 9.17) is 0 Å². The molecule has 6 heteroatoms. The van der Waals surface area contributed by atoms with Crippen molar-refractivity contribution in [1.82, 2.24) is 9.78 Å². The van der Waals surface area contributed by atoms with Crippen molar-refractivity contribution in [3.05, 3.63) is 11.3 Å². The Morgan fingerprint density at radius 3 is 2.57 bits per heavy atom. The van der Waals surface area contributed by atoms with Crippen LogP contribution in [0.1, 0.15) is 57.7 Å². The number of aromatic nitrogens is 2. The molecule has 2 heterocycles. The summed E-state index contributed by atoms with van der Waals surface area (Å²) in [6, 6.07) is 0. The second kappa shape index (κ2) is 5.23. The van der Waals surface area contributed by atoms with Crippen LogP contribution in [0.5, 0.6) is 0 Å². The second-order valence-electron chi connectivity index (χ2n) is 7.06. The average Bonchev–Trinajstić information content (AvgIpc) is 3.05. The molecule has 0 saturated heterocycles. The van der Waals surface area contributed by atoms with Gasteiger partial charge in [0.05, 0.1) is 22.7 Å². The van der Waals surface area contributed by atoms with Crippen molar-refractivity contribution in [3.63, 3.8) is 0 Å². The molecule has 1 aliphatic carbocycles. The fraction of sp³-hybridized carbons (Fsp3) is 0.733. The van der Waals surface area contributed by atoms with E-state index in [-0.39, 0.29) is 17.4 Å². The Kier molecular flexibility index (Phi) is 3.67. The molecule has 2 aliphatic rings. The number of fused-ring (bicyclic) bond motifs is 1. The predicted molar refractivity (Wildman–Crippen MR) is 83.4 cm³/mol. The Labute approximate surface area is 127 Å². The number of hydrogen-bond donors (Lipinski definition) is 1. The molecule has 1 aromatic rings. The van der Waals surface area contributed by atoms with Crippen LogP contribution in [0.4, 0.5) is 5.82 Å². The Hall–Kier alpha value is -1.17. The van der Waals surface area contributed by atoms with Gasteiger partial charge in [-0.3, -0.25) is 9.00 Å². The molecule has 1 aromatic heterocycles. The van der Waals surface area contributed by atoms with Gasteiger partial charge in [0.1, 0.15) is 5.82 Å². The molecule has 0 radical (unpaired) electrons. The van der Waals surface area contributed by atoms with Gasteiger partial charge in [-0.2, -0.15) is 5.10 Å². The summed E-state index contributed by atoms with van der Waals surface area (Å²) in [7, 11) is -0.877. The van der Waals surface area contributed by atoms with Crippen molar-refractivity contribution >= 4 is 22.5 Å². The molecule has 1 atom stereocenters. The van der Waals surface area contributed by atoms with E-state index in [0.717, 1.165) is 42.8 Å². The summed E-state index contributed by atoms with van der Waals surface area (Å²) in [6.07, 6.45) is 4.23. The van der Waals surface area contributed by atoms with Crippen molar-refractivity contribution in [1.29, 1.82) is 0 Å². The number of hydrogen-bond acceptors (Lipinski definition) is 3. The molecule has 0 bridgehead atoms. The van der Waals surface area contributed by atoms with E-state index >= 15 is 0 Å². The standard InChI is InChI=1S/C15H23N3O2S/c1-15(2,3)18-13(11-8-21(20)9-12(11)17-18)16-14(19)10-6-4-5-7-10/h10H,4-9H2,1-3H3,(H,16,19)/t21-/m1/s1. The van der Waals surface area contributed by atoms with Crippen LogP contribution in [0.15, 0.2) is 0 Å². The average molecular weight is 309 g/mol. The van der Waals surface area contributed by atoms with Crippen molar-refractivity contribution < 1.29 is 9.00 Å². The lowest BCUT2D eigenvalue weighted by atomic mass is 10.1. The van der Waals surface area contributed by atoms with Crippen LogP contribution in [0.3, 0.4) is 0 Å². The molecule has 0 unspecified atom stereocenters. The molecule has 21 heavy (non-hydrogen) atoms. The van der Waals surface area contributed by atoms with Gasteiger partial charge in [0.2, 0.25) is 5.91 Å². The maximum Gasteiger partial charge on any atom is 0.228 e. The highest BCUT2D eigenvalue weighted by Gasteiger charge is 2.32. The molecule has 1 saturated carbocycles. The summed E-state index contributed by atoms with van der Waals surface area (Å²) in [5.74, 6) is 1.99. The molecule has 1 N–H and O–H groups in total. The molecule has 1 fully saturated rings. The van der Waals surface area contributed by atoms with Crippen molar-refractivity contribution in [2.75, 3.05) is 5.32 Å². The first-order valence-corrected chi connectivity index (χ1v) is 9.12. The van der Waals surface area contributed by atoms with Crippen LogP contribution >= 0.6 is 0 Å². The smallest absolute Gasteiger partial charge is 0.228 e. The minimum absolute atomic E-state index is 0.0957. The third-order valence-electron chi connectivity index (χ3n) is 4.27. The van der Waals surface area contributed by atoms with Crippen molar-refractivity contribution in [2.45, 2.75) is 63.5 Å². The molecular formula is C15H23N3O2S. The third-order valence-corrected chi connectivity index (χ3v) is 5.48. The Bertz CT molecular complexity index is 595. The fourth-order valence-electron chi connectivity index (χ4n) is 3.15. The van der Waals surface area contributed by atoms with Gasteiger partial charge >= 0.3 is 0 Å². The SMILES string of the molecule is CC(C)(C)n1nc2c(c1NC(=O)C1CCCC1)C[S@@](=O)C2. The van der Waals surface area contributed by atoms with E-state index in [0.29, 0.717) is 11.5 Å². The van der Waals surface area contributed by atoms with Crippen LogP contribution in [0.2, 0.25) is 0 Å². The van der Waals surface area contributed by atoms with Crippen molar-refractivity contribution in [3.8, 4) is 0 Å². The zero-order valence-corrected chi connectivity index (χ0v) is 13.8. The molecule has 116 valence electrons. The van der Waals surface area contributed by atoms with Gasteiger partial charge in [-0.05, 0) is 33.6 Å². The molecular weight excluding hydrogens is 286 g/mol. The Morgan fingerprint density at radius 1 is 1.29 bits per heavy atom. The number of carbonyl (C=O) groups excluding carboxylic acids is 1. The summed E-state index contributed by atoms with van der Waals surface area (Å²) >= 11 is 0. The minimum Gasteiger partial charge on any atom is -0.310 e. The summed E-state index contributed by atoms with van der Waals surface area (Å²) in [4.78, 5) is 12.4. The molecule has 1 aliphatic heterocycles. The Morgan fingerprint density at radius 2 is 1.95 bits per heavy atom. The summed E-state index contributed by atoms with van der Waals surface area (Å²) in [5, 5.41) is 7.69. The van der Waals surface area contributed by atoms with Gasteiger partial charge in [-0.15, -0.1) is 0 Å². The molecule has 3 rings (SSSR count). The van der Waals surface area contributed by atoms with Crippen LogP contribution in [-0.4, -0.2) is 19.9 Å². The zero-order chi connectivity index (χ0) is 15.2. The zero-order valence-electron chi connectivity index (χ0n) is 12.9. The largest absolute Gasteiger partial charge is 0.310 e. The van der Waals surface area contributed by atoms with Gasteiger partial charge < -0.3 is 5.32 Å². The number of amides is 1. The maximum absolute atomic E-state index is 12.4. The predicted octanol–water partition coefficient (Wildman–Crippen LogP) is 2.53. The lowest BCUT2D eigenvalue weighted by molar-refractivity contribution is -0.119. The highest BCUT2D eigenvalue weighted by atomic mass is 32.2. The highest BCUT2D eigenvalue weighted by molar-refractivity contribution is 7.83. The maximum atomic E-state index is 12.4. The van der Waals surface area contributed by atoms with E-state index in [9.17, 15) is 9.00 Å². The van der Waals surface area contributed by atoms with Gasteiger partial charge in [0.15, 0.2) is 0 Å². The van der Waals surface area contributed by atoms with Gasteiger partial charge in [0, 0.05) is 22.3 Å². The first-order chi connectivity index (χ1) is 9.86. The molecule has 0 spiro atoms. The second-order valence-corrected chi connectivity index (χ2v) is 8.51. The lowest BCUT2D eigenvalue weighted by Gasteiger charge is -2.24. The van der Waals surface area contributed by atoms with Crippen LogP contribution in [-0.2, 0) is 32.6 Å². The highest BCUT2D eigenvalue weighted by Crippen LogP contribution is 2.34. The van der Waals surface area contributed by atoms with E-state index in [1.807, 2.05) is 4.68 Å². The van der Waals surface area contributed by atoms with Gasteiger partial charge in [0.25, 0.3) is 0 Å². The van der Waals surface area contributed by atoms with E-state index in [2.05, 4.69) is 31.2 Å². The Balaban J connectivity index is 1.92. The topological polar surface area (TPSA) is 64.0 Å². The van der Waals surface area contributed by atoms with Crippen molar-refractivity contribution in [2.24, 2.45) is 5.92 Å². The quantitative estimate of drug-likeness (QED) is 0.913. The molecule has 5 nitrogen and oxygen atoms in total. The first-order valence-electron chi connectivity index (χ1n) is 7.63. The lowest BCUT2D eigenvalue weighted by Crippen LogP contribution is -2.29. The van der Waals surface area contributed by atoms with E-state index in [1.54, 1.807) is 0 Å². The van der Waals surface area contributed by atoms with Crippen LogP contribution < -0.4 is 5.32 Å². The number of anilines is 1. The van der Waals surface area contributed by atoms with E-state index < -0.39 is 10.8 Å². The first kappa shape index (κ1) is 14.8. The number of rotatable bonds is 2. The van der Waals surface area contributed by atoms with Crippen LogP contribution in [0.25, 0.3) is 0 Å². The molecule has 0 aromatic carbocycles.